The third-order valence-corrected chi connectivity index (χ3v) is 6.63. The predicted octanol–water partition coefficient (Wildman–Crippen LogP) is 4.70. The Morgan fingerprint density at radius 2 is 1.69 bits per heavy atom. The summed E-state index contributed by atoms with van der Waals surface area (Å²) in [6.45, 7) is 0. The van der Waals surface area contributed by atoms with Crippen LogP contribution in [0.4, 0.5) is 19.0 Å². The van der Waals surface area contributed by atoms with Crippen LogP contribution in [0.25, 0.3) is 0 Å². The van der Waals surface area contributed by atoms with Crippen molar-refractivity contribution in [3.8, 4) is 11.5 Å². The van der Waals surface area contributed by atoms with Gasteiger partial charge in [-0.15, -0.1) is 0 Å². The first-order valence-corrected chi connectivity index (χ1v) is 10.9. The third kappa shape index (κ3) is 3.78. The zero-order valence-electron chi connectivity index (χ0n) is 18.9. The highest BCUT2D eigenvalue weighted by Gasteiger charge is 2.44. The van der Waals surface area contributed by atoms with Gasteiger partial charge in [0.1, 0.15) is 5.82 Å². The number of halogens is 3. The Hall–Kier alpha value is -3.95. The number of alkyl halides is 3. The summed E-state index contributed by atoms with van der Waals surface area (Å²) in [6, 6.07) is 10.5. The highest BCUT2D eigenvalue weighted by Crippen LogP contribution is 2.49. The van der Waals surface area contributed by atoms with Crippen LogP contribution in [0, 0.1) is 0 Å². The number of anilines is 1. The number of hydrogen-bond donors (Lipinski definition) is 3. The van der Waals surface area contributed by atoms with Crippen molar-refractivity contribution in [3.63, 3.8) is 0 Å². The van der Waals surface area contributed by atoms with E-state index in [9.17, 15) is 22.8 Å². The molecule has 0 saturated carbocycles. The minimum absolute atomic E-state index is 0.0679. The molecule has 35 heavy (non-hydrogen) atoms. The maximum atomic E-state index is 13.9. The number of Topliss-reactive ketones (excluding diaryl/α,β-unsaturated/α-hetero) is 1. The van der Waals surface area contributed by atoms with Crippen LogP contribution in [-0.4, -0.2) is 30.2 Å². The molecule has 1 aliphatic carbocycles. The van der Waals surface area contributed by atoms with E-state index in [0.717, 1.165) is 11.6 Å². The molecule has 0 amide bonds. The van der Waals surface area contributed by atoms with Crippen molar-refractivity contribution in [2.24, 2.45) is 0 Å². The molecule has 0 bridgehead atoms. The first-order valence-electron chi connectivity index (χ1n) is 10.9. The quantitative estimate of drug-likeness (QED) is 0.498. The lowest BCUT2D eigenvalue weighted by atomic mass is 9.72. The molecule has 0 saturated heterocycles. The summed E-state index contributed by atoms with van der Waals surface area (Å²) in [5, 5.41) is 8.24. The normalized spacial score (nSPS) is 19.6. The molecule has 3 N–H and O–H groups in total. The molecule has 5 rings (SSSR count). The van der Waals surface area contributed by atoms with E-state index in [0.29, 0.717) is 23.6 Å². The fourth-order valence-electron chi connectivity index (χ4n) is 5.08. The maximum absolute atomic E-state index is 13.9. The van der Waals surface area contributed by atoms with E-state index in [2.05, 4.69) is 15.5 Å². The summed E-state index contributed by atoms with van der Waals surface area (Å²) in [4.78, 5) is 26.2. The number of carbonyl (C=O) groups is 1. The number of aromatic amines is 2. The minimum Gasteiger partial charge on any atom is -0.493 e. The second-order valence-corrected chi connectivity index (χ2v) is 8.55. The van der Waals surface area contributed by atoms with Crippen LogP contribution < -0.4 is 20.3 Å². The number of methoxy groups -OCH3 is 2. The Labute approximate surface area is 197 Å². The number of carbonyl (C=O) groups excluding carboxylic acids is 1. The number of hydrogen-bond acceptors (Lipinski definition) is 5. The van der Waals surface area contributed by atoms with Gasteiger partial charge in [0, 0.05) is 23.6 Å². The van der Waals surface area contributed by atoms with E-state index < -0.39 is 23.2 Å². The van der Waals surface area contributed by atoms with Crippen molar-refractivity contribution in [1.29, 1.82) is 0 Å². The van der Waals surface area contributed by atoms with Gasteiger partial charge >= 0.3 is 6.18 Å². The number of allylic oxidation sites excluding steroid dienone is 2. The fourth-order valence-corrected chi connectivity index (χ4v) is 5.08. The molecular formula is C25H22F3N3O4. The zero-order valence-corrected chi connectivity index (χ0v) is 18.9. The van der Waals surface area contributed by atoms with Gasteiger partial charge in [0.15, 0.2) is 17.3 Å². The molecule has 2 atom stereocenters. The Balaban J connectivity index is 1.63. The zero-order chi connectivity index (χ0) is 24.9. The van der Waals surface area contributed by atoms with Gasteiger partial charge in [-0.25, -0.2) is 0 Å². The Bertz CT molecular complexity index is 1400. The SMILES string of the molecule is COc1ccc(C2CC(=O)C3=C(C2)Nc2[nH][nH]c(=O)c2C3c2ccccc2C(F)(F)F)cc1OC. The van der Waals surface area contributed by atoms with Crippen molar-refractivity contribution in [2.45, 2.75) is 30.9 Å². The van der Waals surface area contributed by atoms with Gasteiger partial charge in [-0.1, -0.05) is 24.3 Å². The topological polar surface area (TPSA) is 96.2 Å². The van der Waals surface area contributed by atoms with Crippen molar-refractivity contribution in [1.82, 2.24) is 10.2 Å². The lowest BCUT2D eigenvalue weighted by Gasteiger charge is -2.35. The number of aromatic nitrogens is 2. The van der Waals surface area contributed by atoms with E-state index in [1.807, 2.05) is 6.07 Å². The monoisotopic (exact) mass is 485 g/mol. The number of rotatable bonds is 4. The molecule has 1 aliphatic heterocycles. The molecule has 2 heterocycles. The maximum Gasteiger partial charge on any atom is 0.416 e. The number of ether oxygens (including phenoxy) is 2. The highest BCUT2D eigenvalue weighted by molar-refractivity contribution is 6.01. The number of benzene rings is 2. The summed E-state index contributed by atoms with van der Waals surface area (Å²) in [7, 11) is 3.04. The number of nitrogens with one attached hydrogen (secondary N) is 3. The summed E-state index contributed by atoms with van der Waals surface area (Å²) < 4.78 is 52.4. The van der Waals surface area contributed by atoms with Crippen molar-refractivity contribution in [3.05, 3.63) is 86.3 Å². The van der Waals surface area contributed by atoms with Gasteiger partial charge in [-0.2, -0.15) is 13.2 Å². The van der Waals surface area contributed by atoms with Gasteiger partial charge in [0.25, 0.3) is 5.56 Å². The van der Waals surface area contributed by atoms with E-state index in [4.69, 9.17) is 9.47 Å². The second kappa shape index (κ2) is 8.37. The first-order chi connectivity index (χ1) is 16.7. The number of ketones is 1. The molecule has 10 heteroatoms. The first kappa shape index (κ1) is 22.8. The number of H-pyrrole nitrogens is 2. The lowest BCUT2D eigenvalue weighted by Crippen LogP contribution is -2.32. The number of fused-ring (bicyclic) bond motifs is 1. The molecule has 2 unspecified atom stereocenters. The van der Waals surface area contributed by atoms with E-state index in [1.54, 1.807) is 12.1 Å². The van der Waals surface area contributed by atoms with Gasteiger partial charge in [0.05, 0.1) is 25.3 Å². The van der Waals surface area contributed by atoms with Gasteiger partial charge in [-0.05, 0) is 41.7 Å². The van der Waals surface area contributed by atoms with E-state index in [-0.39, 0.29) is 40.6 Å². The molecule has 7 nitrogen and oxygen atoms in total. The van der Waals surface area contributed by atoms with E-state index in [1.165, 1.54) is 32.4 Å². The summed E-state index contributed by atoms with van der Waals surface area (Å²) in [5.41, 5.74) is 0.0133. The molecular weight excluding hydrogens is 463 g/mol. The molecule has 182 valence electrons. The van der Waals surface area contributed by atoms with Crippen molar-refractivity contribution < 1.29 is 27.4 Å². The van der Waals surface area contributed by atoms with Crippen LogP contribution >= 0.6 is 0 Å². The van der Waals surface area contributed by atoms with Crippen molar-refractivity contribution in [2.75, 3.05) is 19.5 Å². The summed E-state index contributed by atoms with van der Waals surface area (Å²) in [6.07, 6.45) is -4.20. The average molecular weight is 485 g/mol. The Kier molecular flexibility index (Phi) is 5.46. The summed E-state index contributed by atoms with van der Waals surface area (Å²) in [5.74, 6) is -0.369. The van der Waals surface area contributed by atoms with Gasteiger partial charge in [-0.3, -0.25) is 19.8 Å². The van der Waals surface area contributed by atoms with Crippen molar-refractivity contribution >= 4 is 11.6 Å². The predicted molar refractivity (Wildman–Crippen MR) is 122 cm³/mol. The van der Waals surface area contributed by atoms with Crippen LogP contribution in [0.2, 0.25) is 0 Å². The second-order valence-electron chi connectivity index (χ2n) is 8.55. The van der Waals surface area contributed by atoms with Gasteiger partial charge in [0.2, 0.25) is 0 Å². The molecule has 2 aromatic carbocycles. The largest absolute Gasteiger partial charge is 0.493 e. The smallest absolute Gasteiger partial charge is 0.416 e. The minimum atomic E-state index is -4.65. The Morgan fingerprint density at radius 3 is 2.40 bits per heavy atom. The fraction of sp³-hybridized carbons (Fsp3) is 0.280. The third-order valence-electron chi connectivity index (χ3n) is 6.63. The molecule has 0 radical (unpaired) electrons. The van der Waals surface area contributed by atoms with Gasteiger partial charge < -0.3 is 14.8 Å². The van der Waals surface area contributed by atoms with E-state index >= 15 is 0 Å². The lowest BCUT2D eigenvalue weighted by molar-refractivity contribution is -0.138. The molecule has 0 spiro atoms. The van der Waals surface area contributed by atoms with Crippen LogP contribution in [0.1, 0.15) is 46.9 Å². The molecule has 3 aromatic rings. The van der Waals surface area contributed by atoms with Crippen LogP contribution in [0.5, 0.6) is 11.5 Å². The van der Waals surface area contributed by atoms with Crippen LogP contribution in [0.3, 0.4) is 0 Å². The highest BCUT2D eigenvalue weighted by atomic mass is 19.4. The molecule has 0 fully saturated rings. The Morgan fingerprint density at radius 1 is 0.943 bits per heavy atom. The molecule has 1 aromatic heterocycles. The van der Waals surface area contributed by atoms with Crippen LogP contribution in [-0.2, 0) is 11.0 Å². The molecule has 2 aliphatic rings. The average Bonchev–Trinajstić information content (AvgIpc) is 3.21. The summed E-state index contributed by atoms with van der Waals surface area (Å²) >= 11 is 0. The van der Waals surface area contributed by atoms with Crippen LogP contribution in [0.15, 0.2) is 58.5 Å². The standard InChI is InChI=1S/C25H22F3N3O4/c1-34-18-8-7-12(11-19(18)35-2)13-9-16-21(17(32)10-13)20(22-23(29-16)30-31-24(22)33)14-5-3-4-6-15(14)25(26,27)28/h3-8,11,13,20H,9-10H2,1-2H3,(H3,29,30,31,33).